The summed E-state index contributed by atoms with van der Waals surface area (Å²) in [6, 6.07) is 19.2. The van der Waals surface area contributed by atoms with E-state index in [9.17, 15) is 14.3 Å². The van der Waals surface area contributed by atoms with Gasteiger partial charge in [-0.25, -0.2) is 4.98 Å². The number of para-hydroxylation sites is 1. The number of aromatic nitrogens is 2. The molecular weight excluding hydrogens is 497 g/mol. The number of piperazine rings is 1. The number of halogens is 1. The molecule has 1 amide bonds. The zero-order valence-corrected chi connectivity index (χ0v) is 21.1. The normalized spacial score (nSPS) is 16.0. The first-order chi connectivity index (χ1) is 17.4. The standard InChI is InChI=1S/C26H25ClN5O3P/c27-24-11-6-19(17-29-24)18-31-13-15-32(16-14-31)26(33)21-7-9-22(10-8-21)30-36(34,35)23-5-1-3-20-4-2-12-28-25(20)23/h1-12,17H,13-16,18H2,(H2,30,34,35). The van der Waals surface area contributed by atoms with Crippen molar-refractivity contribution < 1.29 is 14.3 Å². The maximum Gasteiger partial charge on any atom is 0.323 e. The quantitative estimate of drug-likeness (QED) is 0.290. The lowest BCUT2D eigenvalue weighted by Crippen LogP contribution is -2.48. The van der Waals surface area contributed by atoms with E-state index in [4.69, 9.17) is 11.6 Å². The van der Waals surface area contributed by atoms with Crippen molar-refractivity contribution in [2.24, 2.45) is 0 Å². The van der Waals surface area contributed by atoms with Crippen LogP contribution in [0.4, 0.5) is 5.69 Å². The second kappa shape index (κ2) is 10.4. The predicted octanol–water partition coefficient (Wildman–Crippen LogP) is 4.16. The van der Waals surface area contributed by atoms with Gasteiger partial charge in [0, 0.05) is 61.8 Å². The third kappa shape index (κ3) is 5.42. The van der Waals surface area contributed by atoms with Gasteiger partial charge in [0.25, 0.3) is 5.91 Å². The third-order valence-corrected chi connectivity index (χ3v) is 8.00. The molecule has 1 aliphatic rings. The van der Waals surface area contributed by atoms with E-state index in [1.54, 1.807) is 60.9 Å². The van der Waals surface area contributed by atoms with Crippen molar-refractivity contribution in [2.45, 2.75) is 6.54 Å². The Hall–Kier alpha value is -3.29. The number of fused-ring (bicyclic) bond motifs is 1. The van der Waals surface area contributed by atoms with E-state index in [0.717, 1.165) is 30.6 Å². The Morgan fingerprint density at radius 3 is 2.44 bits per heavy atom. The van der Waals surface area contributed by atoms with Gasteiger partial charge in [0.15, 0.2) is 0 Å². The molecule has 1 atom stereocenters. The van der Waals surface area contributed by atoms with E-state index in [-0.39, 0.29) is 11.2 Å². The number of pyridine rings is 2. The number of hydrogen-bond acceptors (Lipinski definition) is 5. The summed E-state index contributed by atoms with van der Waals surface area (Å²) in [5.41, 5.74) is 2.56. The molecule has 1 saturated heterocycles. The van der Waals surface area contributed by atoms with Gasteiger partial charge in [0.2, 0.25) is 0 Å². The van der Waals surface area contributed by atoms with Gasteiger partial charge in [0.1, 0.15) is 5.15 Å². The van der Waals surface area contributed by atoms with E-state index in [0.29, 0.717) is 35.0 Å². The molecule has 3 heterocycles. The van der Waals surface area contributed by atoms with Gasteiger partial charge in [0.05, 0.1) is 10.8 Å². The number of nitrogens with one attached hydrogen (secondary N) is 1. The maximum absolute atomic E-state index is 13.2. The third-order valence-electron chi connectivity index (χ3n) is 6.20. The number of anilines is 1. The van der Waals surface area contributed by atoms with Gasteiger partial charge in [-0.1, -0.05) is 35.9 Å². The Labute approximate surface area is 214 Å². The number of hydrogen-bond donors (Lipinski definition) is 2. The van der Waals surface area contributed by atoms with Crippen LogP contribution in [0, 0.1) is 0 Å². The lowest BCUT2D eigenvalue weighted by atomic mass is 10.1. The van der Waals surface area contributed by atoms with E-state index >= 15 is 0 Å². The second-order valence-electron chi connectivity index (χ2n) is 8.67. The van der Waals surface area contributed by atoms with Crippen LogP contribution < -0.4 is 10.4 Å². The molecule has 0 bridgehead atoms. The Bertz CT molecular complexity index is 1420. The van der Waals surface area contributed by atoms with Crippen LogP contribution in [0.2, 0.25) is 5.15 Å². The smallest absolute Gasteiger partial charge is 0.323 e. The van der Waals surface area contributed by atoms with Crippen LogP contribution in [0.5, 0.6) is 0 Å². The number of carbonyl (C=O) groups excluding carboxylic acids is 1. The Morgan fingerprint density at radius 2 is 1.72 bits per heavy atom. The highest BCUT2D eigenvalue weighted by atomic mass is 35.5. The molecular formula is C26H25ClN5O3P. The molecule has 1 fully saturated rings. The van der Waals surface area contributed by atoms with Crippen molar-refractivity contribution in [3.8, 4) is 0 Å². The molecule has 2 N–H and O–H groups in total. The summed E-state index contributed by atoms with van der Waals surface area (Å²) in [5, 5.41) is 4.24. The number of benzene rings is 2. The zero-order valence-electron chi connectivity index (χ0n) is 19.4. The molecule has 5 rings (SSSR count). The fraction of sp³-hybridized carbons (Fsp3) is 0.192. The summed E-state index contributed by atoms with van der Waals surface area (Å²) >= 11 is 5.86. The Morgan fingerprint density at radius 1 is 0.972 bits per heavy atom. The van der Waals surface area contributed by atoms with Crippen molar-refractivity contribution in [3.05, 3.63) is 95.4 Å². The average Bonchev–Trinajstić information content (AvgIpc) is 2.90. The molecule has 1 unspecified atom stereocenters. The molecule has 0 radical (unpaired) electrons. The van der Waals surface area contributed by atoms with Gasteiger partial charge in [-0.15, -0.1) is 0 Å². The first-order valence-electron chi connectivity index (χ1n) is 11.6. The lowest BCUT2D eigenvalue weighted by Gasteiger charge is -2.34. The van der Waals surface area contributed by atoms with Gasteiger partial charge >= 0.3 is 7.52 Å². The minimum atomic E-state index is -3.94. The van der Waals surface area contributed by atoms with Crippen LogP contribution >= 0.6 is 19.1 Å². The molecule has 4 aromatic rings. The van der Waals surface area contributed by atoms with Crippen LogP contribution in [0.3, 0.4) is 0 Å². The minimum Gasteiger partial charge on any atom is -0.336 e. The summed E-state index contributed by atoms with van der Waals surface area (Å²) < 4.78 is 13.2. The highest BCUT2D eigenvalue weighted by Crippen LogP contribution is 2.41. The summed E-state index contributed by atoms with van der Waals surface area (Å²) in [6.07, 6.45) is 3.37. The summed E-state index contributed by atoms with van der Waals surface area (Å²) in [5.74, 6) is -0.0557. The fourth-order valence-corrected chi connectivity index (χ4v) is 5.80. The summed E-state index contributed by atoms with van der Waals surface area (Å²) in [4.78, 5) is 36.3. The number of nitrogens with zero attached hydrogens (tertiary/aromatic N) is 4. The van der Waals surface area contributed by atoms with Crippen LogP contribution in [0.15, 0.2) is 79.1 Å². The van der Waals surface area contributed by atoms with Gasteiger partial charge < -0.3 is 14.9 Å². The molecule has 10 heteroatoms. The first kappa shape index (κ1) is 24.4. The SMILES string of the molecule is O=C(c1ccc(NP(=O)(O)c2cccc3cccnc23)cc1)N1CCN(Cc2ccc(Cl)nc2)CC1. The van der Waals surface area contributed by atoms with Gasteiger partial charge in [-0.3, -0.25) is 19.2 Å². The lowest BCUT2D eigenvalue weighted by molar-refractivity contribution is 0.0628. The largest absolute Gasteiger partial charge is 0.336 e. The first-order valence-corrected chi connectivity index (χ1v) is 13.6. The van der Waals surface area contributed by atoms with Gasteiger partial charge in [-0.2, -0.15) is 0 Å². The van der Waals surface area contributed by atoms with Crippen molar-refractivity contribution >= 4 is 46.9 Å². The van der Waals surface area contributed by atoms with Gasteiger partial charge in [-0.05, 0) is 48.0 Å². The predicted molar refractivity (Wildman–Crippen MR) is 142 cm³/mol. The van der Waals surface area contributed by atoms with Crippen LogP contribution in [-0.2, 0) is 11.1 Å². The summed E-state index contributed by atoms with van der Waals surface area (Å²) in [6.45, 7) is 3.54. The average molecular weight is 522 g/mol. The molecule has 184 valence electrons. The molecule has 0 saturated carbocycles. The van der Waals surface area contributed by atoms with E-state index in [2.05, 4.69) is 20.0 Å². The fourth-order valence-electron chi connectivity index (χ4n) is 4.31. The van der Waals surface area contributed by atoms with Crippen molar-refractivity contribution in [2.75, 3.05) is 31.3 Å². The van der Waals surface area contributed by atoms with E-state index in [1.165, 1.54) is 0 Å². The molecule has 0 aliphatic carbocycles. The molecule has 1 aliphatic heterocycles. The highest BCUT2D eigenvalue weighted by Gasteiger charge is 2.26. The van der Waals surface area contributed by atoms with E-state index in [1.807, 2.05) is 23.1 Å². The maximum atomic E-state index is 13.2. The Balaban J connectivity index is 1.21. The highest BCUT2D eigenvalue weighted by molar-refractivity contribution is 7.68. The number of rotatable bonds is 6. The van der Waals surface area contributed by atoms with Crippen molar-refractivity contribution in [1.29, 1.82) is 0 Å². The molecule has 8 nitrogen and oxygen atoms in total. The number of amides is 1. The molecule has 0 spiro atoms. The minimum absolute atomic E-state index is 0.0557. The monoisotopic (exact) mass is 521 g/mol. The van der Waals surface area contributed by atoms with Crippen LogP contribution in [0.25, 0.3) is 10.9 Å². The molecule has 36 heavy (non-hydrogen) atoms. The van der Waals surface area contributed by atoms with Crippen molar-refractivity contribution in [1.82, 2.24) is 19.8 Å². The summed E-state index contributed by atoms with van der Waals surface area (Å²) in [7, 11) is -3.94. The topological polar surface area (TPSA) is 98.7 Å². The Kier molecular flexibility index (Phi) is 7.03. The number of carbonyl (C=O) groups is 1. The van der Waals surface area contributed by atoms with E-state index < -0.39 is 7.52 Å². The second-order valence-corrected chi connectivity index (χ2v) is 10.9. The van der Waals surface area contributed by atoms with Crippen LogP contribution in [-0.4, -0.2) is 56.7 Å². The van der Waals surface area contributed by atoms with Crippen LogP contribution in [0.1, 0.15) is 15.9 Å². The molecule has 2 aromatic heterocycles. The zero-order chi connectivity index (χ0) is 25.1. The molecule has 2 aromatic carbocycles. The van der Waals surface area contributed by atoms with Crippen molar-refractivity contribution in [3.63, 3.8) is 0 Å².